The lowest BCUT2D eigenvalue weighted by molar-refractivity contribution is -0.168. The predicted molar refractivity (Wildman–Crippen MR) is 139 cm³/mol. The second kappa shape index (κ2) is 6.93. The van der Waals surface area contributed by atoms with Crippen molar-refractivity contribution in [1.29, 1.82) is 0 Å². The number of nitrogens with zero attached hydrogens (tertiary/aromatic N) is 2. The number of benzene rings is 3. The lowest BCUT2D eigenvalue weighted by Crippen LogP contribution is -2.74. The Bertz CT molecular complexity index is 1540. The first kappa shape index (κ1) is 20.9. The van der Waals surface area contributed by atoms with Crippen LogP contribution in [0.2, 0.25) is 0 Å². The molecule has 3 heterocycles. The smallest absolute Gasteiger partial charge is 0.166 e. The van der Waals surface area contributed by atoms with Crippen LogP contribution in [0.4, 0.5) is 0 Å². The summed E-state index contributed by atoms with van der Waals surface area (Å²) in [6.07, 6.45) is 2.06. The molecule has 2 bridgehead atoms. The molecule has 0 amide bonds. The van der Waals surface area contributed by atoms with Gasteiger partial charge in [0.2, 0.25) is 0 Å². The van der Waals surface area contributed by atoms with E-state index in [1.165, 1.54) is 38.9 Å². The topological polar surface area (TPSA) is 46.9 Å². The second-order valence-electron chi connectivity index (χ2n) is 11.1. The van der Waals surface area contributed by atoms with Crippen LogP contribution in [-0.2, 0) is 24.8 Å². The van der Waals surface area contributed by atoms with Gasteiger partial charge in [0.05, 0.1) is 23.8 Å². The first-order valence-corrected chi connectivity index (χ1v) is 13.0. The lowest BCUT2D eigenvalue weighted by Gasteiger charge is -2.62. The quantitative estimate of drug-likeness (QED) is 0.467. The molecule has 0 radical (unpaired) electrons. The Morgan fingerprint density at radius 1 is 1.06 bits per heavy atom. The number of para-hydroxylation sites is 1. The van der Waals surface area contributed by atoms with Gasteiger partial charge in [0.25, 0.3) is 0 Å². The van der Waals surface area contributed by atoms with Crippen LogP contribution >= 0.6 is 0 Å². The molecule has 4 aromatic rings. The largest absolute Gasteiger partial charge is 0.493 e. The fourth-order valence-corrected chi connectivity index (χ4v) is 8.16. The van der Waals surface area contributed by atoms with E-state index in [0.29, 0.717) is 6.42 Å². The Morgan fingerprint density at radius 2 is 1.86 bits per heavy atom. The van der Waals surface area contributed by atoms with Crippen molar-refractivity contribution in [2.45, 2.75) is 49.0 Å². The first-order chi connectivity index (χ1) is 17.6. The van der Waals surface area contributed by atoms with Gasteiger partial charge in [-0.05, 0) is 55.3 Å². The molecule has 5 nitrogen and oxygen atoms in total. The van der Waals surface area contributed by atoms with Crippen molar-refractivity contribution >= 4 is 10.9 Å². The number of hydrogen-bond acceptors (Lipinski definition) is 4. The Kier molecular flexibility index (Phi) is 4.02. The summed E-state index contributed by atoms with van der Waals surface area (Å²) in [5.41, 5.74) is 6.02. The predicted octanol–water partition coefficient (Wildman–Crippen LogP) is 4.62. The third-order valence-corrected chi connectivity index (χ3v) is 9.68. The van der Waals surface area contributed by atoms with Gasteiger partial charge in [0, 0.05) is 35.5 Å². The number of fused-ring (bicyclic) bond motifs is 4. The average molecular weight is 479 g/mol. The van der Waals surface area contributed by atoms with Gasteiger partial charge < -0.3 is 24.0 Å². The monoisotopic (exact) mass is 478 g/mol. The standard InChI is InChI=1S/C31H30N2O3/c1-32-15-14-30-26-20-12-13-24(35-2)28(26)36-29(30)27-22(17-31(30,34)25(32)16-20)21-10-6-7-11-23(21)33(27)18-19-8-4-3-5-9-19/h3-13,25,29,34H,14-18H2,1-2H3/t25?,29-,30-,31+/m0/s1. The van der Waals surface area contributed by atoms with Gasteiger partial charge in [-0.25, -0.2) is 0 Å². The lowest BCUT2D eigenvalue weighted by atomic mass is 9.49. The summed E-state index contributed by atoms with van der Waals surface area (Å²) < 4.78 is 15.3. The van der Waals surface area contributed by atoms with Gasteiger partial charge in [-0.15, -0.1) is 0 Å². The number of piperidine rings is 1. The molecule has 2 aliphatic heterocycles. The Hall–Kier alpha value is -3.28. The molecule has 1 aromatic heterocycles. The SMILES string of the molecule is COc1ccc2c3c1O[C@H]1c4c(c5ccccc5n4Cc4ccccc4)C[C@@]4(O)C(C2)N(C)CC[C@]314. The summed E-state index contributed by atoms with van der Waals surface area (Å²) in [6.45, 7) is 1.71. The van der Waals surface area contributed by atoms with Crippen molar-refractivity contribution < 1.29 is 14.6 Å². The van der Waals surface area contributed by atoms with Crippen LogP contribution in [-0.4, -0.2) is 46.9 Å². The fourth-order valence-electron chi connectivity index (χ4n) is 8.16. The normalized spacial score (nSPS) is 29.5. The van der Waals surface area contributed by atoms with Gasteiger partial charge >= 0.3 is 0 Å². The number of likely N-dealkylation sites (N-methyl/N-ethyl adjacent to an activating group) is 1. The maximum atomic E-state index is 12.9. The van der Waals surface area contributed by atoms with Crippen molar-refractivity contribution in [1.82, 2.24) is 9.47 Å². The molecule has 8 rings (SSSR count). The van der Waals surface area contributed by atoms with Crippen LogP contribution in [0, 0.1) is 0 Å². The van der Waals surface area contributed by atoms with Gasteiger partial charge in [-0.1, -0.05) is 54.6 Å². The molecule has 1 saturated heterocycles. The van der Waals surface area contributed by atoms with E-state index in [0.717, 1.165) is 37.4 Å². The third kappa shape index (κ3) is 2.30. The summed E-state index contributed by atoms with van der Waals surface area (Å²) in [6, 6.07) is 23.6. The molecule has 1 fully saturated rings. The maximum Gasteiger partial charge on any atom is 0.166 e. The maximum absolute atomic E-state index is 12.9. The van der Waals surface area contributed by atoms with Crippen molar-refractivity contribution in [2.24, 2.45) is 0 Å². The van der Waals surface area contributed by atoms with Gasteiger partial charge in [0.15, 0.2) is 17.6 Å². The number of hydrogen-bond donors (Lipinski definition) is 1. The number of aromatic nitrogens is 1. The van der Waals surface area contributed by atoms with Crippen molar-refractivity contribution in [2.75, 3.05) is 20.7 Å². The summed E-state index contributed by atoms with van der Waals surface area (Å²) in [7, 11) is 3.88. The van der Waals surface area contributed by atoms with E-state index >= 15 is 0 Å². The van der Waals surface area contributed by atoms with E-state index in [1.54, 1.807) is 7.11 Å². The number of aliphatic hydroxyl groups is 1. The highest BCUT2D eigenvalue weighted by Crippen LogP contribution is 2.69. The molecule has 2 aliphatic carbocycles. The fraction of sp³-hybridized carbons (Fsp3) is 0.355. The van der Waals surface area contributed by atoms with Crippen LogP contribution in [0.1, 0.15) is 40.5 Å². The molecule has 1 unspecified atom stereocenters. The van der Waals surface area contributed by atoms with Gasteiger partial charge in [0.1, 0.15) is 0 Å². The van der Waals surface area contributed by atoms with Crippen LogP contribution in [0.15, 0.2) is 66.7 Å². The van der Waals surface area contributed by atoms with E-state index in [9.17, 15) is 5.11 Å². The summed E-state index contributed by atoms with van der Waals surface area (Å²) in [5, 5.41) is 14.1. The summed E-state index contributed by atoms with van der Waals surface area (Å²) >= 11 is 0. The zero-order valence-electron chi connectivity index (χ0n) is 20.7. The van der Waals surface area contributed by atoms with Gasteiger partial charge in [-0.2, -0.15) is 0 Å². The second-order valence-corrected chi connectivity index (χ2v) is 11.1. The Balaban J connectivity index is 1.45. The zero-order chi connectivity index (χ0) is 24.2. The molecule has 1 spiro atoms. The molecule has 36 heavy (non-hydrogen) atoms. The number of rotatable bonds is 3. The van der Waals surface area contributed by atoms with E-state index in [2.05, 4.69) is 77.2 Å². The Morgan fingerprint density at radius 3 is 2.69 bits per heavy atom. The average Bonchev–Trinajstić information content (AvgIpc) is 3.39. The molecule has 0 saturated carbocycles. The summed E-state index contributed by atoms with van der Waals surface area (Å²) in [4.78, 5) is 2.38. The molecule has 5 heteroatoms. The highest BCUT2D eigenvalue weighted by atomic mass is 16.5. The summed E-state index contributed by atoms with van der Waals surface area (Å²) in [5.74, 6) is 1.61. The highest BCUT2D eigenvalue weighted by molar-refractivity contribution is 5.87. The minimum absolute atomic E-state index is 0.0496. The highest BCUT2D eigenvalue weighted by Gasteiger charge is 2.72. The van der Waals surface area contributed by atoms with Crippen molar-refractivity contribution in [3.63, 3.8) is 0 Å². The van der Waals surface area contributed by atoms with E-state index in [1.807, 2.05) is 6.07 Å². The zero-order valence-corrected chi connectivity index (χ0v) is 20.7. The molecular weight excluding hydrogens is 448 g/mol. The Labute approximate surface area is 210 Å². The minimum Gasteiger partial charge on any atom is -0.493 e. The molecular formula is C31H30N2O3. The van der Waals surface area contributed by atoms with E-state index < -0.39 is 11.0 Å². The van der Waals surface area contributed by atoms with Crippen molar-refractivity contribution in [3.05, 3.63) is 94.7 Å². The molecule has 4 aliphatic rings. The molecule has 3 aromatic carbocycles. The van der Waals surface area contributed by atoms with Crippen LogP contribution in [0.5, 0.6) is 11.5 Å². The van der Waals surface area contributed by atoms with Crippen molar-refractivity contribution in [3.8, 4) is 11.5 Å². The van der Waals surface area contributed by atoms with Gasteiger partial charge in [-0.3, -0.25) is 0 Å². The number of likely N-dealkylation sites (tertiary alicyclic amines) is 1. The number of ether oxygens (including phenoxy) is 2. The first-order valence-electron chi connectivity index (χ1n) is 13.0. The number of methoxy groups -OCH3 is 1. The molecule has 4 atom stereocenters. The van der Waals surface area contributed by atoms with E-state index in [-0.39, 0.29) is 12.1 Å². The van der Waals surface area contributed by atoms with Crippen LogP contribution in [0.3, 0.4) is 0 Å². The molecule has 1 N–H and O–H groups in total. The third-order valence-electron chi connectivity index (χ3n) is 9.68. The molecule has 182 valence electrons. The minimum atomic E-state index is -0.913. The van der Waals surface area contributed by atoms with Crippen LogP contribution in [0.25, 0.3) is 10.9 Å². The van der Waals surface area contributed by atoms with Crippen LogP contribution < -0.4 is 9.47 Å². The van der Waals surface area contributed by atoms with E-state index in [4.69, 9.17) is 9.47 Å².